The van der Waals surface area contributed by atoms with Crippen LogP contribution in [0.25, 0.3) is 11.3 Å². The summed E-state index contributed by atoms with van der Waals surface area (Å²) < 4.78 is 19.1. The highest BCUT2D eigenvalue weighted by Crippen LogP contribution is 2.24. The fourth-order valence-electron chi connectivity index (χ4n) is 2.08. The summed E-state index contributed by atoms with van der Waals surface area (Å²) in [6.07, 6.45) is 0. The lowest BCUT2D eigenvalue weighted by molar-refractivity contribution is 0.0915. The summed E-state index contributed by atoms with van der Waals surface area (Å²) >= 11 is 0. The van der Waals surface area contributed by atoms with E-state index in [1.807, 2.05) is 0 Å². The minimum Gasteiger partial charge on any atom is -0.451 e. The monoisotopic (exact) mass is 310 g/mol. The number of rotatable bonds is 4. The minimum atomic E-state index is -0.366. The number of carbonyl (C=O) groups excluding carboxylic acids is 1. The summed E-state index contributed by atoms with van der Waals surface area (Å²) in [7, 11) is 0. The van der Waals surface area contributed by atoms with Crippen LogP contribution in [0.4, 0.5) is 4.39 Å². The topological polar surface area (TPSA) is 54.3 Å². The Morgan fingerprint density at radius 1 is 1.29 bits per heavy atom. The molecule has 1 aromatic heterocycles. The van der Waals surface area contributed by atoms with E-state index in [1.165, 1.54) is 6.07 Å². The molecule has 2 N–H and O–H groups in total. The Morgan fingerprint density at radius 2 is 2.05 bits per heavy atom. The maximum Gasteiger partial charge on any atom is 0.287 e. The molecule has 0 spiro atoms. The van der Waals surface area contributed by atoms with E-state index in [-0.39, 0.29) is 29.9 Å². The lowest BCUT2D eigenvalue weighted by atomic mass is 10.0. The number of hydrogen-bond donors (Lipinski definition) is 2. The van der Waals surface area contributed by atoms with Gasteiger partial charge in [-0.3, -0.25) is 4.79 Å². The smallest absolute Gasteiger partial charge is 0.287 e. The van der Waals surface area contributed by atoms with Crippen LogP contribution in [0.5, 0.6) is 0 Å². The summed E-state index contributed by atoms with van der Waals surface area (Å²) in [5.41, 5.74) is 0.356. The van der Waals surface area contributed by atoms with Crippen molar-refractivity contribution in [3.8, 4) is 11.3 Å². The van der Waals surface area contributed by atoms with Crippen LogP contribution in [0.3, 0.4) is 0 Å². The summed E-state index contributed by atoms with van der Waals surface area (Å²) in [6, 6.07) is 9.50. The zero-order valence-corrected chi connectivity index (χ0v) is 12.1. The molecule has 1 aliphatic rings. The van der Waals surface area contributed by atoms with Crippen LogP contribution in [0.1, 0.15) is 10.6 Å². The van der Waals surface area contributed by atoms with Crippen LogP contribution in [-0.2, 0) is 0 Å². The Bertz CT molecular complexity index is 626. The zero-order chi connectivity index (χ0) is 13.9. The van der Waals surface area contributed by atoms with Crippen molar-refractivity contribution in [2.24, 2.45) is 5.92 Å². The highest BCUT2D eigenvalue weighted by Gasteiger charge is 2.19. The number of nitrogens with one attached hydrogen (secondary N) is 2. The molecular weight excluding hydrogens is 295 g/mol. The normalized spacial score (nSPS) is 14.1. The molecule has 4 nitrogen and oxygen atoms in total. The highest BCUT2D eigenvalue weighted by atomic mass is 35.5. The maximum atomic E-state index is 13.6. The van der Waals surface area contributed by atoms with Crippen molar-refractivity contribution in [1.82, 2.24) is 10.6 Å². The Labute approximate surface area is 128 Å². The molecule has 0 saturated carbocycles. The maximum absolute atomic E-state index is 13.6. The molecule has 1 saturated heterocycles. The van der Waals surface area contributed by atoms with Crippen LogP contribution in [-0.4, -0.2) is 25.5 Å². The number of benzene rings is 1. The van der Waals surface area contributed by atoms with Gasteiger partial charge in [0.15, 0.2) is 5.76 Å². The predicted molar refractivity (Wildman–Crippen MR) is 80.0 cm³/mol. The second-order valence-electron chi connectivity index (χ2n) is 4.88. The van der Waals surface area contributed by atoms with Crippen molar-refractivity contribution in [2.45, 2.75) is 0 Å². The van der Waals surface area contributed by atoms with Gasteiger partial charge in [-0.05, 0) is 24.3 Å². The molecule has 0 bridgehead atoms. The van der Waals surface area contributed by atoms with E-state index < -0.39 is 0 Å². The SMILES string of the molecule is Cl.O=C(NCC1CNC1)c1ccc(-c2ccccc2F)o1. The van der Waals surface area contributed by atoms with Gasteiger partial charge in [-0.25, -0.2) is 4.39 Å². The molecule has 1 aromatic carbocycles. The van der Waals surface area contributed by atoms with E-state index in [9.17, 15) is 9.18 Å². The molecule has 1 aliphatic heterocycles. The van der Waals surface area contributed by atoms with Crippen LogP contribution >= 0.6 is 12.4 Å². The summed E-state index contributed by atoms with van der Waals surface area (Å²) in [5.74, 6) is 0.419. The molecule has 0 radical (unpaired) electrons. The first-order chi connectivity index (χ1) is 9.74. The predicted octanol–water partition coefficient (Wildman–Crippen LogP) is 2.46. The molecule has 2 heterocycles. The van der Waals surface area contributed by atoms with E-state index >= 15 is 0 Å². The lowest BCUT2D eigenvalue weighted by Crippen LogP contribution is -2.48. The Hall–Kier alpha value is -1.85. The van der Waals surface area contributed by atoms with E-state index in [4.69, 9.17) is 4.42 Å². The van der Waals surface area contributed by atoms with Gasteiger partial charge in [0.05, 0.1) is 5.56 Å². The van der Waals surface area contributed by atoms with Gasteiger partial charge in [0.2, 0.25) is 0 Å². The first kappa shape index (κ1) is 15.5. The van der Waals surface area contributed by atoms with E-state index in [2.05, 4.69) is 10.6 Å². The minimum absolute atomic E-state index is 0. The second kappa shape index (κ2) is 6.74. The van der Waals surface area contributed by atoms with E-state index in [1.54, 1.807) is 30.3 Å². The number of hydrogen-bond acceptors (Lipinski definition) is 3. The average Bonchev–Trinajstić information content (AvgIpc) is 2.87. The third-order valence-corrected chi connectivity index (χ3v) is 3.39. The second-order valence-corrected chi connectivity index (χ2v) is 4.88. The largest absolute Gasteiger partial charge is 0.451 e. The third kappa shape index (κ3) is 3.43. The zero-order valence-electron chi connectivity index (χ0n) is 11.3. The van der Waals surface area contributed by atoms with Crippen LogP contribution in [0, 0.1) is 11.7 Å². The van der Waals surface area contributed by atoms with Gasteiger partial charge in [0, 0.05) is 25.6 Å². The van der Waals surface area contributed by atoms with E-state index in [0.717, 1.165) is 13.1 Å². The third-order valence-electron chi connectivity index (χ3n) is 3.39. The number of amides is 1. The molecule has 0 atom stereocenters. The Morgan fingerprint density at radius 3 is 2.71 bits per heavy atom. The number of furan rings is 1. The highest BCUT2D eigenvalue weighted by molar-refractivity contribution is 5.92. The fraction of sp³-hybridized carbons (Fsp3) is 0.267. The molecular formula is C15H16ClFN2O2. The number of halogens is 2. The van der Waals surface area contributed by atoms with Gasteiger partial charge in [0.1, 0.15) is 11.6 Å². The first-order valence-corrected chi connectivity index (χ1v) is 6.57. The van der Waals surface area contributed by atoms with Crippen molar-refractivity contribution in [1.29, 1.82) is 0 Å². The summed E-state index contributed by atoms with van der Waals surface area (Å²) in [4.78, 5) is 11.9. The van der Waals surface area contributed by atoms with Crippen molar-refractivity contribution in [2.75, 3.05) is 19.6 Å². The molecule has 6 heteroatoms. The molecule has 2 aromatic rings. The average molecular weight is 311 g/mol. The van der Waals surface area contributed by atoms with Crippen LogP contribution in [0.2, 0.25) is 0 Å². The van der Waals surface area contributed by atoms with Gasteiger partial charge in [-0.15, -0.1) is 12.4 Å². The van der Waals surface area contributed by atoms with Gasteiger partial charge in [-0.2, -0.15) is 0 Å². The van der Waals surface area contributed by atoms with Gasteiger partial charge < -0.3 is 15.1 Å². The molecule has 3 rings (SSSR count). The Balaban J connectivity index is 0.00000161. The molecule has 112 valence electrons. The molecule has 0 unspecified atom stereocenters. The molecule has 1 amide bonds. The number of carbonyl (C=O) groups is 1. The van der Waals surface area contributed by atoms with Crippen molar-refractivity contribution in [3.05, 3.63) is 48.0 Å². The Kier molecular flexibility index (Phi) is 4.98. The fourth-order valence-corrected chi connectivity index (χ4v) is 2.08. The molecule has 1 fully saturated rings. The van der Waals surface area contributed by atoms with E-state index in [0.29, 0.717) is 23.8 Å². The van der Waals surface area contributed by atoms with Gasteiger partial charge >= 0.3 is 0 Å². The van der Waals surface area contributed by atoms with Gasteiger partial charge in [-0.1, -0.05) is 12.1 Å². The quantitative estimate of drug-likeness (QED) is 0.912. The molecule has 21 heavy (non-hydrogen) atoms. The van der Waals surface area contributed by atoms with Crippen LogP contribution in [0.15, 0.2) is 40.8 Å². The van der Waals surface area contributed by atoms with Crippen molar-refractivity contribution < 1.29 is 13.6 Å². The van der Waals surface area contributed by atoms with Crippen molar-refractivity contribution >= 4 is 18.3 Å². The standard InChI is InChI=1S/C15H15FN2O2.ClH/c16-12-4-2-1-3-11(12)13-5-6-14(20-13)15(19)18-9-10-7-17-8-10;/h1-6,10,17H,7-9H2,(H,18,19);1H. The first-order valence-electron chi connectivity index (χ1n) is 6.57. The molecule has 0 aliphatic carbocycles. The lowest BCUT2D eigenvalue weighted by Gasteiger charge is -2.26. The summed E-state index contributed by atoms with van der Waals surface area (Å²) in [5, 5.41) is 5.95. The van der Waals surface area contributed by atoms with Crippen LogP contribution < -0.4 is 10.6 Å². The van der Waals surface area contributed by atoms with Gasteiger partial charge in [0.25, 0.3) is 5.91 Å². The van der Waals surface area contributed by atoms with Crippen molar-refractivity contribution in [3.63, 3.8) is 0 Å². The summed E-state index contributed by atoms with van der Waals surface area (Å²) in [6.45, 7) is 2.49.